The third kappa shape index (κ3) is 3.64. The Bertz CT molecular complexity index is 733. The number of nitrogens with one attached hydrogen (secondary N) is 1. The first-order chi connectivity index (χ1) is 11.4. The van der Waals surface area contributed by atoms with Crippen molar-refractivity contribution >= 4 is 45.8 Å². The predicted octanol–water partition coefficient (Wildman–Crippen LogP) is 0.873. The SMILES string of the molecule is COC(=O)C1=C(Nc2cc([N+](=O)[O-])ccc2I)C(=O)N(CCO)C1. The van der Waals surface area contributed by atoms with Gasteiger partial charge in [-0.1, -0.05) is 0 Å². The number of aliphatic hydroxyl groups excluding tert-OH is 1. The van der Waals surface area contributed by atoms with Crippen LogP contribution in [0.3, 0.4) is 0 Å². The molecule has 0 fully saturated rings. The maximum atomic E-state index is 12.4. The van der Waals surface area contributed by atoms with Crippen LogP contribution in [0.15, 0.2) is 29.5 Å². The third-order valence-corrected chi connectivity index (χ3v) is 4.31. The fourth-order valence-electron chi connectivity index (χ4n) is 2.21. The number of carbonyl (C=O) groups excluding carboxylic acids is 2. The Hall–Kier alpha value is -2.21. The zero-order chi connectivity index (χ0) is 17.9. The van der Waals surface area contributed by atoms with E-state index in [9.17, 15) is 19.7 Å². The second-order valence-electron chi connectivity index (χ2n) is 4.84. The van der Waals surface area contributed by atoms with Crippen LogP contribution in [0.4, 0.5) is 11.4 Å². The normalized spacial score (nSPS) is 14.1. The highest BCUT2D eigenvalue weighted by Gasteiger charge is 2.34. The number of hydrogen-bond donors (Lipinski definition) is 2. The van der Waals surface area contributed by atoms with Gasteiger partial charge < -0.3 is 20.1 Å². The minimum atomic E-state index is -0.674. The Morgan fingerprint density at radius 2 is 2.25 bits per heavy atom. The molecule has 0 spiro atoms. The van der Waals surface area contributed by atoms with Gasteiger partial charge in [0.2, 0.25) is 0 Å². The summed E-state index contributed by atoms with van der Waals surface area (Å²) in [4.78, 5) is 36.0. The molecule has 1 heterocycles. The fraction of sp³-hybridized carbons (Fsp3) is 0.286. The summed E-state index contributed by atoms with van der Waals surface area (Å²) in [5, 5.41) is 22.7. The van der Waals surface area contributed by atoms with E-state index in [0.29, 0.717) is 9.26 Å². The molecule has 1 aliphatic rings. The standard InChI is InChI=1S/C14H14IN3O6/c1-24-14(21)9-7-17(4-5-19)13(20)12(9)16-11-6-8(18(22)23)2-3-10(11)15/h2-3,6,16,19H,4-5,7H2,1H3. The molecule has 0 atom stereocenters. The van der Waals surface area contributed by atoms with E-state index in [1.807, 2.05) is 22.6 Å². The predicted molar refractivity (Wildman–Crippen MR) is 92.1 cm³/mol. The molecule has 1 aromatic carbocycles. The number of halogens is 1. The zero-order valence-electron chi connectivity index (χ0n) is 12.6. The van der Waals surface area contributed by atoms with Gasteiger partial charge in [-0.25, -0.2) is 4.79 Å². The van der Waals surface area contributed by atoms with Crippen molar-refractivity contribution in [3.05, 3.63) is 43.2 Å². The van der Waals surface area contributed by atoms with Crippen molar-refractivity contribution in [3.8, 4) is 0 Å². The minimum Gasteiger partial charge on any atom is -0.466 e. The number of ether oxygens (including phenoxy) is 1. The van der Waals surface area contributed by atoms with Crippen LogP contribution in [-0.2, 0) is 14.3 Å². The number of rotatable bonds is 6. The van der Waals surface area contributed by atoms with Gasteiger partial charge in [0.1, 0.15) is 5.70 Å². The maximum absolute atomic E-state index is 12.4. The first-order valence-electron chi connectivity index (χ1n) is 6.81. The number of esters is 1. The molecule has 0 saturated carbocycles. The Kier molecular flexibility index (Phi) is 5.72. The number of benzene rings is 1. The molecule has 128 valence electrons. The highest BCUT2D eigenvalue weighted by molar-refractivity contribution is 14.1. The van der Waals surface area contributed by atoms with Gasteiger partial charge in [-0.05, 0) is 28.7 Å². The van der Waals surface area contributed by atoms with Crippen LogP contribution in [0.1, 0.15) is 0 Å². The van der Waals surface area contributed by atoms with Gasteiger partial charge in [0.15, 0.2) is 0 Å². The van der Waals surface area contributed by atoms with Crippen molar-refractivity contribution in [3.63, 3.8) is 0 Å². The number of aliphatic hydroxyl groups is 1. The maximum Gasteiger partial charge on any atom is 0.337 e. The second kappa shape index (κ2) is 7.57. The Morgan fingerprint density at radius 1 is 1.54 bits per heavy atom. The lowest BCUT2D eigenvalue weighted by molar-refractivity contribution is -0.384. The number of hydrogen-bond acceptors (Lipinski definition) is 7. The molecule has 2 rings (SSSR count). The van der Waals surface area contributed by atoms with Crippen LogP contribution < -0.4 is 5.32 Å². The van der Waals surface area contributed by atoms with Crippen molar-refractivity contribution < 1.29 is 24.4 Å². The topological polar surface area (TPSA) is 122 Å². The Labute approximate surface area is 150 Å². The molecule has 0 aromatic heterocycles. The summed E-state index contributed by atoms with van der Waals surface area (Å²) in [7, 11) is 1.20. The minimum absolute atomic E-state index is 0.0000934. The van der Waals surface area contributed by atoms with Gasteiger partial charge in [0.25, 0.3) is 11.6 Å². The average molecular weight is 447 g/mol. The van der Waals surface area contributed by atoms with Gasteiger partial charge in [-0.15, -0.1) is 0 Å². The largest absolute Gasteiger partial charge is 0.466 e. The fourth-order valence-corrected chi connectivity index (χ4v) is 2.68. The first-order valence-corrected chi connectivity index (χ1v) is 7.89. The van der Waals surface area contributed by atoms with Gasteiger partial charge >= 0.3 is 5.97 Å². The number of non-ortho nitro benzene ring substituents is 1. The van der Waals surface area contributed by atoms with Gasteiger partial charge in [-0.3, -0.25) is 14.9 Å². The van der Waals surface area contributed by atoms with E-state index < -0.39 is 16.8 Å². The molecule has 1 aliphatic heterocycles. The van der Waals surface area contributed by atoms with E-state index in [0.717, 1.165) is 0 Å². The molecule has 0 aliphatic carbocycles. The molecule has 10 heteroatoms. The Morgan fingerprint density at radius 3 is 2.83 bits per heavy atom. The number of carbonyl (C=O) groups is 2. The van der Waals surface area contributed by atoms with Crippen molar-refractivity contribution in [2.75, 3.05) is 32.1 Å². The average Bonchev–Trinajstić information content (AvgIpc) is 2.85. The molecule has 24 heavy (non-hydrogen) atoms. The molecular formula is C14H14IN3O6. The smallest absolute Gasteiger partial charge is 0.337 e. The van der Waals surface area contributed by atoms with E-state index in [1.54, 1.807) is 0 Å². The summed E-state index contributed by atoms with van der Waals surface area (Å²) in [6.07, 6.45) is 0. The van der Waals surface area contributed by atoms with Crippen LogP contribution >= 0.6 is 22.6 Å². The van der Waals surface area contributed by atoms with Crippen molar-refractivity contribution in [1.29, 1.82) is 0 Å². The van der Waals surface area contributed by atoms with Gasteiger partial charge in [0.05, 0.1) is 36.4 Å². The van der Waals surface area contributed by atoms with Crippen molar-refractivity contribution in [2.24, 2.45) is 0 Å². The van der Waals surface area contributed by atoms with Crippen LogP contribution in [0.2, 0.25) is 0 Å². The summed E-state index contributed by atoms with van der Waals surface area (Å²) >= 11 is 1.96. The number of anilines is 1. The highest BCUT2D eigenvalue weighted by Crippen LogP contribution is 2.28. The molecule has 1 aromatic rings. The van der Waals surface area contributed by atoms with Crippen molar-refractivity contribution in [2.45, 2.75) is 0 Å². The lowest BCUT2D eigenvalue weighted by Crippen LogP contribution is -2.31. The summed E-state index contributed by atoms with van der Waals surface area (Å²) in [6.45, 7) is -0.182. The van der Waals surface area contributed by atoms with Crippen LogP contribution in [0, 0.1) is 13.7 Å². The highest BCUT2D eigenvalue weighted by atomic mass is 127. The van der Waals surface area contributed by atoms with E-state index in [1.165, 1.54) is 30.2 Å². The lowest BCUT2D eigenvalue weighted by atomic mass is 10.2. The van der Waals surface area contributed by atoms with E-state index in [4.69, 9.17) is 5.11 Å². The Balaban J connectivity index is 2.40. The van der Waals surface area contributed by atoms with Gasteiger partial charge in [-0.2, -0.15) is 0 Å². The van der Waals surface area contributed by atoms with E-state index in [2.05, 4.69) is 10.1 Å². The van der Waals surface area contributed by atoms with Crippen LogP contribution in [-0.4, -0.2) is 53.6 Å². The number of methoxy groups -OCH3 is 1. The number of nitro groups is 1. The number of β-amino-alcohol motifs (C(OH)–C–C–N with tert-alkyl or cyclic N) is 1. The lowest BCUT2D eigenvalue weighted by Gasteiger charge is -2.15. The van der Waals surface area contributed by atoms with Gasteiger partial charge in [0, 0.05) is 22.2 Å². The summed E-state index contributed by atoms with van der Waals surface area (Å²) in [6, 6.07) is 4.16. The molecule has 0 radical (unpaired) electrons. The molecule has 0 saturated heterocycles. The molecule has 1 amide bonds. The number of nitrogens with zero attached hydrogens (tertiary/aromatic N) is 2. The molecule has 0 bridgehead atoms. The van der Waals surface area contributed by atoms with Crippen LogP contribution in [0.5, 0.6) is 0 Å². The summed E-state index contributed by atoms with van der Waals surface area (Å²) in [5.41, 5.74) is 0.295. The van der Waals surface area contributed by atoms with Crippen LogP contribution in [0.25, 0.3) is 0 Å². The zero-order valence-corrected chi connectivity index (χ0v) is 14.8. The molecule has 2 N–H and O–H groups in total. The number of nitro benzene ring substituents is 1. The number of amides is 1. The third-order valence-electron chi connectivity index (χ3n) is 3.37. The molecule has 0 unspecified atom stereocenters. The molecular weight excluding hydrogens is 433 g/mol. The summed E-state index contributed by atoms with van der Waals surface area (Å²) < 4.78 is 5.32. The van der Waals surface area contributed by atoms with E-state index in [-0.39, 0.29) is 36.7 Å². The summed E-state index contributed by atoms with van der Waals surface area (Å²) in [5.74, 6) is -1.15. The quantitative estimate of drug-likeness (QED) is 0.287. The first kappa shape index (κ1) is 18.1. The molecule has 9 nitrogen and oxygen atoms in total. The van der Waals surface area contributed by atoms with E-state index >= 15 is 0 Å². The van der Waals surface area contributed by atoms with Crippen molar-refractivity contribution in [1.82, 2.24) is 4.90 Å². The monoisotopic (exact) mass is 447 g/mol. The second-order valence-corrected chi connectivity index (χ2v) is 6.00.